The molecule has 0 radical (unpaired) electrons. The number of carboxylic acid groups (broad SMARTS) is 2. The van der Waals surface area contributed by atoms with Crippen LogP contribution >= 0.6 is 0 Å². The van der Waals surface area contributed by atoms with Crippen LogP contribution in [-0.2, 0) is 28.6 Å². The first-order valence-electron chi connectivity index (χ1n) is 9.49. The summed E-state index contributed by atoms with van der Waals surface area (Å²) >= 11 is 0. The molecule has 0 aromatic heterocycles. The summed E-state index contributed by atoms with van der Waals surface area (Å²) in [5.41, 5.74) is 5.52. The molecule has 1 rings (SSSR count). The van der Waals surface area contributed by atoms with Gasteiger partial charge in [0.05, 0.1) is 0 Å². The molecule has 10 nitrogen and oxygen atoms in total. The van der Waals surface area contributed by atoms with Crippen LogP contribution in [0.25, 0.3) is 0 Å². The SMILES string of the molecule is CCOC1(OCC)CCN[C@@H](C(N)C(=O)OC(C)(C)C)C1.O=C(O)C=CC(=O)O. The maximum absolute atomic E-state index is 12.1. The van der Waals surface area contributed by atoms with E-state index in [1.807, 2.05) is 34.6 Å². The summed E-state index contributed by atoms with van der Waals surface area (Å²) in [5, 5.41) is 18.9. The minimum Gasteiger partial charge on any atom is -0.478 e. The highest BCUT2D eigenvalue weighted by atomic mass is 16.7. The highest BCUT2D eigenvalue weighted by Crippen LogP contribution is 2.29. The van der Waals surface area contributed by atoms with Gasteiger partial charge in [0.2, 0.25) is 0 Å². The fourth-order valence-corrected chi connectivity index (χ4v) is 2.72. The van der Waals surface area contributed by atoms with Gasteiger partial charge in [-0.25, -0.2) is 9.59 Å². The van der Waals surface area contributed by atoms with Crippen LogP contribution in [0.5, 0.6) is 0 Å². The molecule has 1 heterocycles. The van der Waals surface area contributed by atoms with Crippen molar-refractivity contribution < 1.29 is 38.8 Å². The predicted molar refractivity (Wildman–Crippen MR) is 105 cm³/mol. The van der Waals surface area contributed by atoms with E-state index in [1.54, 1.807) is 0 Å². The Morgan fingerprint density at radius 2 is 1.62 bits per heavy atom. The lowest BCUT2D eigenvalue weighted by molar-refractivity contribution is -0.251. The van der Waals surface area contributed by atoms with Crippen molar-refractivity contribution in [2.75, 3.05) is 19.8 Å². The van der Waals surface area contributed by atoms with Gasteiger partial charge in [-0.3, -0.25) is 4.79 Å². The van der Waals surface area contributed by atoms with Crippen LogP contribution in [0.15, 0.2) is 12.2 Å². The summed E-state index contributed by atoms with van der Waals surface area (Å²) in [7, 11) is 0. The third-order valence-electron chi connectivity index (χ3n) is 3.74. The number of aliphatic carboxylic acids is 2. The number of nitrogens with one attached hydrogen (secondary N) is 1. The molecule has 1 aliphatic heterocycles. The summed E-state index contributed by atoms with van der Waals surface area (Å²) in [4.78, 5) is 31.2. The molecule has 0 bridgehead atoms. The molecule has 10 heteroatoms. The van der Waals surface area contributed by atoms with Gasteiger partial charge < -0.3 is 35.5 Å². The maximum atomic E-state index is 12.1. The molecular formula is C19H34N2O8. The smallest absolute Gasteiger partial charge is 0.328 e. The van der Waals surface area contributed by atoms with Gasteiger partial charge in [-0.2, -0.15) is 0 Å². The van der Waals surface area contributed by atoms with Crippen LogP contribution in [0.2, 0.25) is 0 Å². The molecule has 0 aromatic rings. The Balaban J connectivity index is 0.000000828. The van der Waals surface area contributed by atoms with Gasteiger partial charge in [-0.15, -0.1) is 0 Å². The van der Waals surface area contributed by atoms with Gasteiger partial charge >= 0.3 is 17.9 Å². The van der Waals surface area contributed by atoms with Crippen molar-refractivity contribution in [3.8, 4) is 0 Å². The normalized spacial score (nSPS) is 19.7. The second-order valence-corrected chi connectivity index (χ2v) is 7.36. The van der Waals surface area contributed by atoms with Crippen molar-refractivity contribution in [3.63, 3.8) is 0 Å². The average molecular weight is 418 g/mol. The van der Waals surface area contributed by atoms with Gasteiger partial charge in [0.15, 0.2) is 5.79 Å². The molecule has 2 atom stereocenters. The van der Waals surface area contributed by atoms with E-state index in [0.29, 0.717) is 38.3 Å². The van der Waals surface area contributed by atoms with Crippen LogP contribution in [0.1, 0.15) is 47.5 Å². The highest BCUT2D eigenvalue weighted by Gasteiger charge is 2.42. The lowest BCUT2D eigenvalue weighted by atomic mass is 9.93. The molecule has 0 aliphatic carbocycles. The second-order valence-electron chi connectivity index (χ2n) is 7.36. The number of rotatable bonds is 8. The topological polar surface area (TPSA) is 157 Å². The number of ether oxygens (including phenoxy) is 3. The number of esters is 1. The van der Waals surface area contributed by atoms with Gasteiger partial charge in [0, 0.05) is 50.8 Å². The zero-order valence-electron chi connectivity index (χ0n) is 17.8. The molecule has 1 saturated heterocycles. The summed E-state index contributed by atoms with van der Waals surface area (Å²) < 4.78 is 17.0. The largest absolute Gasteiger partial charge is 0.478 e. The van der Waals surface area contributed by atoms with E-state index in [4.69, 9.17) is 30.2 Å². The number of carboxylic acids is 2. The molecule has 29 heavy (non-hydrogen) atoms. The van der Waals surface area contributed by atoms with Crippen molar-refractivity contribution in [1.82, 2.24) is 5.32 Å². The van der Waals surface area contributed by atoms with E-state index >= 15 is 0 Å². The minimum absolute atomic E-state index is 0.216. The molecule has 168 valence electrons. The van der Waals surface area contributed by atoms with Crippen molar-refractivity contribution in [2.24, 2.45) is 5.73 Å². The standard InChI is InChI=1S/C15H30N2O4.C4H4O4/c1-6-19-15(20-7-2)8-9-17-11(10-15)12(16)13(18)21-14(3,4)5;5-3(6)1-2-4(7)8/h11-12,17H,6-10,16H2,1-5H3;1-2H,(H,5,6)(H,7,8)/t11-,12?;/m1./s1. The fraction of sp³-hybridized carbons (Fsp3) is 0.737. The van der Waals surface area contributed by atoms with Gasteiger partial charge in [-0.1, -0.05) is 0 Å². The zero-order valence-corrected chi connectivity index (χ0v) is 17.8. The lowest BCUT2D eigenvalue weighted by Crippen LogP contribution is -2.60. The first-order valence-corrected chi connectivity index (χ1v) is 9.49. The third-order valence-corrected chi connectivity index (χ3v) is 3.74. The lowest BCUT2D eigenvalue weighted by Gasteiger charge is -2.42. The number of nitrogens with two attached hydrogens (primary N) is 1. The molecular weight excluding hydrogens is 384 g/mol. The van der Waals surface area contributed by atoms with E-state index in [2.05, 4.69) is 5.32 Å². The Kier molecular flexibility index (Phi) is 11.7. The van der Waals surface area contributed by atoms with Gasteiger partial charge in [0.1, 0.15) is 11.6 Å². The number of hydrogen-bond donors (Lipinski definition) is 4. The Hall–Kier alpha value is -2.01. The zero-order chi connectivity index (χ0) is 22.7. The maximum Gasteiger partial charge on any atom is 0.328 e. The van der Waals surface area contributed by atoms with Crippen molar-refractivity contribution in [2.45, 2.75) is 70.9 Å². The van der Waals surface area contributed by atoms with Crippen LogP contribution in [-0.4, -0.2) is 71.4 Å². The van der Waals surface area contributed by atoms with E-state index < -0.39 is 35.3 Å². The molecule has 5 N–H and O–H groups in total. The predicted octanol–water partition coefficient (Wildman–Crippen LogP) is 0.889. The summed E-state index contributed by atoms with van der Waals surface area (Å²) in [5.74, 6) is -3.57. The molecule has 0 saturated carbocycles. The van der Waals surface area contributed by atoms with Crippen LogP contribution in [0.3, 0.4) is 0 Å². The number of carbonyl (C=O) groups is 3. The summed E-state index contributed by atoms with van der Waals surface area (Å²) in [6.07, 6.45) is 2.39. The fourth-order valence-electron chi connectivity index (χ4n) is 2.72. The van der Waals surface area contributed by atoms with E-state index in [-0.39, 0.29) is 6.04 Å². The third kappa shape index (κ3) is 11.5. The van der Waals surface area contributed by atoms with E-state index in [9.17, 15) is 14.4 Å². The Bertz CT molecular complexity index is 544. The Labute approximate surface area is 171 Å². The quantitative estimate of drug-likeness (QED) is 0.253. The van der Waals surface area contributed by atoms with Crippen molar-refractivity contribution in [3.05, 3.63) is 12.2 Å². The molecule has 1 aliphatic rings. The molecule has 0 amide bonds. The molecule has 0 spiro atoms. The second kappa shape index (κ2) is 12.5. The Morgan fingerprint density at radius 1 is 1.14 bits per heavy atom. The van der Waals surface area contributed by atoms with E-state index in [0.717, 1.165) is 6.42 Å². The number of hydrogen-bond acceptors (Lipinski definition) is 8. The number of piperidine rings is 1. The minimum atomic E-state index is -1.26. The highest BCUT2D eigenvalue weighted by molar-refractivity contribution is 5.89. The van der Waals surface area contributed by atoms with Crippen LogP contribution in [0.4, 0.5) is 0 Å². The number of carbonyl (C=O) groups excluding carboxylic acids is 1. The van der Waals surface area contributed by atoms with Gasteiger partial charge in [0.25, 0.3) is 0 Å². The first kappa shape index (κ1) is 27.0. The average Bonchev–Trinajstić information content (AvgIpc) is 2.59. The molecule has 1 fully saturated rings. The Morgan fingerprint density at radius 3 is 2.00 bits per heavy atom. The van der Waals surface area contributed by atoms with Crippen molar-refractivity contribution in [1.29, 1.82) is 0 Å². The monoisotopic (exact) mass is 418 g/mol. The summed E-state index contributed by atoms with van der Waals surface area (Å²) in [6.45, 7) is 11.2. The van der Waals surface area contributed by atoms with Crippen LogP contribution < -0.4 is 11.1 Å². The molecule has 0 aromatic carbocycles. The molecule has 1 unspecified atom stereocenters. The first-order chi connectivity index (χ1) is 13.4. The summed E-state index contributed by atoms with van der Waals surface area (Å²) in [6, 6.07) is -0.948. The van der Waals surface area contributed by atoms with Crippen molar-refractivity contribution >= 4 is 17.9 Å². The van der Waals surface area contributed by atoms with Gasteiger partial charge in [-0.05, 0) is 34.6 Å². The van der Waals surface area contributed by atoms with Crippen LogP contribution in [0, 0.1) is 0 Å². The van der Waals surface area contributed by atoms with E-state index in [1.165, 1.54) is 0 Å².